The molecule has 76 valence electrons. The number of rotatable bonds is 0. The third-order valence-electron chi connectivity index (χ3n) is 2.81. The summed E-state index contributed by atoms with van der Waals surface area (Å²) < 4.78 is 5.50. The number of hydrogen-bond donors (Lipinski definition) is 0. The van der Waals surface area contributed by atoms with Gasteiger partial charge in [0.05, 0.1) is 24.6 Å². The lowest BCUT2D eigenvalue weighted by molar-refractivity contribution is 0.141. The molecule has 0 atom stereocenters. The maximum atomic E-state index is 5.50. The van der Waals surface area contributed by atoms with E-state index in [2.05, 4.69) is 34.5 Å². The van der Waals surface area contributed by atoms with Crippen molar-refractivity contribution in [3.8, 4) is 0 Å². The van der Waals surface area contributed by atoms with E-state index >= 15 is 0 Å². The molecule has 3 nitrogen and oxygen atoms in total. The standard InChI is InChI=1S/C12H12N2O/c1-2-4-10-9(3-1)11-5-7-15-8-6-12(10)14-13-11/h1-4H,5-8H2. The van der Waals surface area contributed by atoms with Gasteiger partial charge in [0.1, 0.15) is 0 Å². The number of nitrogens with zero attached hydrogens (tertiary/aromatic N) is 2. The Bertz CT molecular complexity index is 451. The Labute approximate surface area is 88.1 Å². The van der Waals surface area contributed by atoms with Gasteiger partial charge in [-0.1, -0.05) is 24.3 Å². The van der Waals surface area contributed by atoms with Crippen LogP contribution in [0.3, 0.4) is 0 Å². The van der Waals surface area contributed by atoms with Gasteiger partial charge in [0, 0.05) is 23.6 Å². The van der Waals surface area contributed by atoms with Gasteiger partial charge in [0.2, 0.25) is 0 Å². The molecule has 1 aromatic carbocycles. The van der Waals surface area contributed by atoms with Crippen LogP contribution >= 0.6 is 0 Å². The molecular weight excluding hydrogens is 188 g/mol. The van der Waals surface area contributed by atoms with Crippen molar-refractivity contribution in [1.29, 1.82) is 0 Å². The minimum Gasteiger partial charge on any atom is -0.381 e. The Morgan fingerprint density at radius 2 is 1.40 bits per heavy atom. The average molecular weight is 200 g/mol. The Morgan fingerprint density at radius 3 is 1.93 bits per heavy atom. The molecule has 0 saturated carbocycles. The number of hydrogen-bond acceptors (Lipinski definition) is 3. The summed E-state index contributed by atoms with van der Waals surface area (Å²) in [4.78, 5) is 0. The molecule has 0 unspecified atom stereocenters. The third kappa shape index (κ3) is 1.49. The largest absolute Gasteiger partial charge is 0.381 e. The van der Waals surface area contributed by atoms with Gasteiger partial charge in [0.25, 0.3) is 0 Å². The van der Waals surface area contributed by atoms with E-state index in [4.69, 9.17) is 4.74 Å². The van der Waals surface area contributed by atoms with Gasteiger partial charge >= 0.3 is 0 Å². The quantitative estimate of drug-likeness (QED) is 0.649. The lowest BCUT2D eigenvalue weighted by Crippen LogP contribution is -1.99. The number of fused-ring (bicyclic) bond motifs is 6. The van der Waals surface area contributed by atoms with E-state index < -0.39 is 0 Å². The van der Waals surface area contributed by atoms with Crippen molar-refractivity contribution >= 4 is 10.8 Å². The first-order valence-corrected chi connectivity index (χ1v) is 5.26. The zero-order valence-corrected chi connectivity index (χ0v) is 8.44. The van der Waals surface area contributed by atoms with Crippen molar-refractivity contribution in [2.75, 3.05) is 13.2 Å². The van der Waals surface area contributed by atoms with Crippen molar-refractivity contribution in [1.82, 2.24) is 10.2 Å². The molecule has 2 heterocycles. The van der Waals surface area contributed by atoms with Crippen molar-refractivity contribution in [2.24, 2.45) is 0 Å². The van der Waals surface area contributed by atoms with E-state index in [1.165, 1.54) is 10.8 Å². The average Bonchev–Trinajstić information content (AvgIpc) is 2.46. The van der Waals surface area contributed by atoms with Crippen molar-refractivity contribution in [3.63, 3.8) is 0 Å². The predicted octanol–water partition coefficient (Wildman–Crippen LogP) is 1.74. The molecule has 0 spiro atoms. The van der Waals surface area contributed by atoms with E-state index in [9.17, 15) is 0 Å². The van der Waals surface area contributed by atoms with Crippen LogP contribution in [0.1, 0.15) is 11.4 Å². The summed E-state index contributed by atoms with van der Waals surface area (Å²) in [6, 6.07) is 8.34. The zero-order valence-electron chi connectivity index (χ0n) is 8.44. The summed E-state index contributed by atoms with van der Waals surface area (Å²) in [5.41, 5.74) is 2.10. The minimum absolute atomic E-state index is 0.746. The monoisotopic (exact) mass is 200 g/mol. The van der Waals surface area contributed by atoms with E-state index in [-0.39, 0.29) is 0 Å². The predicted molar refractivity (Wildman–Crippen MR) is 57.8 cm³/mol. The number of benzene rings is 1. The molecule has 2 bridgehead atoms. The summed E-state index contributed by atoms with van der Waals surface area (Å²) in [6.45, 7) is 1.49. The van der Waals surface area contributed by atoms with E-state index in [0.717, 1.165) is 37.4 Å². The highest BCUT2D eigenvalue weighted by molar-refractivity contribution is 5.86. The van der Waals surface area contributed by atoms with Crippen molar-refractivity contribution < 1.29 is 4.74 Å². The maximum absolute atomic E-state index is 5.50. The summed E-state index contributed by atoms with van der Waals surface area (Å²) in [5.74, 6) is 0. The molecule has 3 heteroatoms. The molecule has 0 amide bonds. The van der Waals surface area contributed by atoms with Crippen molar-refractivity contribution in [2.45, 2.75) is 12.8 Å². The molecule has 1 aliphatic heterocycles. The van der Waals surface area contributed by atoms with E-state index in [0.29, 0.717) is 0 Å². The van der Waals surface area contributed by atoms with Crippen molar-refractivity contribution in [3.05, 3.63) is 35.7 Å². The van der Waals surface area contributed by atoms with Crippen LogP contribution in [0.25, 0.3) is 10.8 Å². The fourth-order valence-corrected chi connectivity index (χ4v) is 2.02. The summed E-state index contributed by atoms with van der Waals surface area (Å²) in [5, 5.41) is 11.0. The lowest BCUT2D eigenvalue weighted by Gasteiger charge is -2.04. The van der Waals surface area contributed by atoms with Crippen LogP contribution in [0.2, 0.25) is 0 Å². The van der Waals surface area contributed by atoms with E-state index in [1.807, 2.05) is 0 Å². The molecule has 0 N–H and O–H groups in total. The molecular formula is C12H12N2O. The second-order valence-corrected chi connectivity index (χ2v) is 3.75. The fraction of sp³-hybridized carbons (Fsp3) is 0.333. The number of ether oxygens (including phenoxy) is 1. The zero-order chi connectivity index (χ0) is 10.1. The second kappa shape index (κ2) is 3.59. The molecule has 1 aromatic heterocycles. The molecule has 2 aromatic rings. The Balaban J connectivity index is 2.31. The molecule has 1 aliphatic rings. The first-order valence-electron chi connectivity index (χ1n) is 5.26. The van der Waals surface area contributed by atoms with Crippen LogP contribution < -0.4 is 0 Å². The van der Waals surface area contributed by atoms with Gasteiger partial charge in [-0.05, 0) is 0 Å². The molecule has 0 fully saturated rings. The maximum Gasteiger partial charge on any atom is 0.0732 e. The highest BCUT2D eigenvalue weighted by Gasteiger charge is 2.10. The van der Waals surface area contributed by atoms with Gasteiger partial charge in [0.15, 0.2) is 0 Å². The van der Waals surface area contributed by atoms with Crippen LogP contribution in [-0.2, 0) is 17.6 Å². The van der Waals surface area contributed by atoms with Gasteiger partial charge in [-0.15, -0.1) is 0 Å². The molecule has 0 radical (unpaired) electrons. The summed E-state index contributed by atoms with van der Waals surface area (Å²) in [6.07, 6.45) is 1.71. The van der Waals surface area contributed by atoms with Crippen LogP contribution in [0.15, 0.2) is 24.3 Å². The topological polar surface area (TPSA) is 35.0 Å². The van der Waals surface area contributed by atoms with Crippen LogP contribution in [0.4, 0.5) is 0 Å². The highest BCUT2D eigenvalue weighted by atomic mass is 16.5. The van der Waals surface area contributed by atoms with Crippen LogP contribution in [0, 0.1) is 0 Å². The minimum atomic E-state index is 0.746. The Kier molecular flexibility index (Phi) is 2.10. The SMILES string of the molecule is c1ccc2c3nnc(c2c1)CCOCC3. The summed E-state index contributed by atoms with van der Waals surface area (Å²) >= 11 is 0. The number of aromatic nitrogens is 2. The van der Waals surface area contributed by atoms with Crippen LogP contribution in [0.5, 0.6) is 0 Å². The van der Waals surface area contributed by atoms with Crippen LogP contribution in [-0.4, -0.2) is 23.4 Å². The first kappa shape index (κ1) is 8.80. The Hall–Kier alpha value is -1.48. The van der Waals surface area contributed by atoms with Gasteiger partial charge < -0.3 is 4.74 Å². The van der Waals surface area contributed by atoms with E-state index in [1.54, 1.807) is 0 Å². The normalized spacial score (nSPS) is 16.0. The van der Waals surface area contributed by atoms with Gasteiger partial charge in [-0.3, -0.25) is 0 Å². The smallest absolute Gasteiger partial charge is 0.0732 e. The third-order valence-corrected chi connectivity index (χ3v) is 2.81. The molecule has 0 saturated heterocycles. The molecule has 15 heavy (non-hydrogen) atoms. The highest BCUT2D eigenvalue weighted by Crippen LogP contribution is 2.21. The molecule has 0 aliphatic carbocycles. The van der Waals surface area contributed by atoms with Gasteiger partial charge in [-0.25, -0.2) is 0 Å². The Morgan fingerprint density at radius 1 is 0.867 bits per heavy atom. The first-order chi connectivity index (χ1) is 7.45. The lowest BCUT2D eigenvalue weighted by atomic mass is 10.1. The second-order valence-electron chi connectivity index (χ2n) is 3.75. The van der Waals surface area contributed by atoms with Gasteiger partial charge in [-0.2, -0.15) is 10.2 Å². The molecule has 3 rings (SSSR count). The summed E-state index contributed by atoms with van der Waals surface area (Å²) in [7, 11) is 0. The fourth-order valence-electron chi connectivity index (χ4n) is 2.02.